The molecule has 0 aliphatic heterocycles. The van der Waals surface area contributed by atoms with Crippen LogP contribution >= 0.6 is 0 Å². The van der Waals surface area contributed by atoms with Crippen LogP contribution in [-0.2, 0) is 6.61 Å². The summed E-state index contributed by atoms with van der Waals surface area (Å²) in [7, 11) is 0. The Morgan fingerprint density at radius 2 is 1.92 bits per heavy atom. The lowest BCUT2D eigenvalue weighted by Gasteiger charge is -2.07. The molecule has 1 aromatic heterocycles. The molecule has 0 aliphatic rings. The number of ether oxygens (including phenoxy) is 1. The molecule has 0 bridgehead atoms. The number of phenols is 1. The zero-order valence-electron chi connectivity index (χ0n) is 13.0. The molecular formula is C19H15FN2O2. The van der Waals surface area contributed by atoms with Crippen molar-refractivity contribution in [2.75, 3.05) is 0 Å². The van der Waals surface area contributed by atoms with Gasteiger partial charge in [0, 0.05) is 16.8 Å². The van der Waals surface area contributed by atoms with Crippen LogP contribution in [0.4, 0.5) is 4.39 Å². The van der Waals surface area contributed by atoms with E-state index in [9.17, 15) is 9.50 Å². The van der Waals surface area contributed by atoms with Crippen LogP contribution in [0.2, 0.25) is 0 Å². The van der Waals surface area contributed by atoms with Crippen LogP contribution in [0.3, 0.4) is 0 Å². The van der Waals surface area contributed by atoms with Crippen molar-refractivity contribution in [2.45, 2.75) is 13.5 Å². The lowest BCUT2D eigenvalue weighted by Crippen LogP contribution is -1.99. The predicted octanol–water partition coefficient (Wildman–Crippen LogP) is 4.45. The summed E-state index contributed by atoms with van der Waals surface area (Å²) < 4.78 is 18.9. The Balaban J connectivity index is 1.69. The minimum Gasteiger partial charge on any atom is -0.507 e. The summed E-state index contributed by atoms with van der Waals surface area (Å²) in [5.41, 5.74) is 2.27. The molecule has 0 radical (unpaired) electrons. The van der Waals surface area contributed by atoms with Gasteiger partial charge in [0.15, 0.2) is 0 Å². The predicted molar refractivity (Wildman–Crippen MR) is 90.7 cm³/mol. The molecule has 3 aromatic carbocycles. The van der Waals surface area contributed by atoms with Crippen LogP contribution in [0.1, 0.15) is 11.4 Å². The number of aromatic nitrogens is 2. The van der Waals surface area contributed by atoms with Gasteiger partial charge in [-0.15, -0.1) is 0 Å². The monoisotopic (exact) mass is 322 g/mol. The van der Waals surface area contributed by atoms with Crippen molar-refractivity contribution in [3.05, 3.63) is 65.7 Å². The second-order valence-electron chi connectivity index (χ2n) is 5.72. The maximum absolute atomic E-state index is 13.1. The maximum Gasteiger partial charge on any atom is 0.146 e. The zero-order chi connectivity index (χ0) is 16.7. The van der Waals surface area contributed by atoms with Crippen LogP contribution < -0.4 is 4.74 Å². The fourth-order valence-corrected chi connectivity index (χ4v) is 2.86. The average molecular weight is 322 g/mol. The van der Waals surface area contributed by atoms with Crippen LogP contribution in [0.5, 0.6) is 11.5 Å². The molecule has 0 atom stereocenters. The maximum atomic E-state index is 13.1. The highest BCUT2D eigenvalue weighted by atomic mass is 19.1. The highest BCUT2D eigenvalue weighted by molar-refractivity contribution is 6.07. The normalized spacial score (nSPS) is 11.2. The number of aromatic hydroxyl groups is 1. The Labute approximate surface area is 137 Å². The van der Waals surface area contributed by atoms with E-state index in [0.717, 1.165) is 27.4 Å². The topological polar surface area (TPSA) is 58.1 Å². The summed E-state index contributed by atoms with van der Waals surface area (Å²) in [5, 5.41) is 11.8. The highest BCUT2D eigenvalue weighted by Crippen LogP contribution is 2.31. The molecule has 4 aromatic rings. The number of hydrogen-bond donors (Lipinski definition) is 2. The number of aromatic amines is 1. The smallest absolute Gasteiger partial charge is 0.146 e. The Morgan fingerprint density at radius 1 is 1.12 bits per heavy atom. The van der Waals surface area contributed by atoms with Gasteiger partial charge in [-0.3, -0.25) is 0 Å². The van der Waals surface area contributed by atoms with Gasteiger partial charge in [-0.1, -0.05) is 24.3 Å². The largest absolute Gasteiger partial charge is 0.507 e. The number of rotatable bonds is 3. The third kappa shape index (κ3) is 2.44. The van der Waals surface area contributed by atoms with E-state index in [0.29, 0.717) is 11.6 Å². The number of nitrogens with one attached hydrogen (secondary N) is 1. The zero-order valence-corrected chi connectivity index (χ0v) is 13.0. The number of fused-ring (bicyclic) bond motifs is 3. The number of nitrogens with zero attached hydrogens (tertiary/aromatic N) is 1. The van der Waals surface area contributed by atoms with Gasteiger partial charge in [-0.2, -0.15) is 0 Å². The Hall–Kier alpha value is -3.08. The van der Waals surface area contributed by atoms with E-state index in [4.69, 9.17) is 4.74 Å². The van der Waals surface area contributed by atoms with E-state index in [-0.39, 0.29) is 18.2 Å². The van der Waals surface area contributed by atoms with Crippen molar-refractivity contribution >= 4 is 21.8 Å². The first-order valence-corrected chi connectivity index (χ1v) is 7.60. The quantitative estimate of drug-likeness (QED) is 0.586. The van der Waals surface area contributed by atoms with Crippen LogP contribution in [-0.4, -0.2) is 15.1 Å². The lowest BCUT2D eigenvalue weighted by atomic mass is 10.1. The second-order valence-corrected chi connectivity index (χ2v) is 5.72. The molecule has 0 unspecified atom stereocenters. The average Bonchev–Trinajstić information content (AvgIpc) is 2.97. The number of phenolic OH excluding ortho intramolecular Hbond substituents is 1. The number of benzene rings is 3. The van der Waals surface area contributed by atoms with Crippen LogP contribution in [0.25, 0.3) is 21.8 Å². The minimum absolute atomic E-state index is 0.212. The Kier molecular flexibility index (Phi) is 3.34. The van der Waals surface area contributed by atoms with Gasteiger partial charge in [0.25, 0.3) is 0 Å². The van der Waals surface area contributed by atoms with Crippen molar-refractivity contribution in [3.63, 3.8) is 0 Å². The van der Waals surface area contributed by atoms with Gasteiger partial charge in [0.2, 0.25) is 0 Å². The Bertz CT molecular complexity index is 1060. The number of aryl methyl sites for hydroxylation is 1. The molecule has 0 fully saturated rings. The van der Waals surface area contributed by atoms with Crippen molar-refractivity contribution in [2.24, 2.45) is 0 Å². The molecule has 4 nitrogen and oxygen atoms in total. The van der Waals surface area contributed by atoms with Gasteiger partial charge in [0.05, 0.1) is 11.0 Å². The first-order chi connectivity index (χ1) is 11.6. The molecule has 0 saturated carbocycles. The summed E-state index contributed by atoms with van der Waals surface area (Å²) in [6.45, 7) is 2.03. The van der Waals surface area contributed by atoms with Gasteiger partial charge >= 0.3 is 0 Å². The lowest BCUT2D eigenvalue weighted by molar-refractivity contribution is 0.295. The molecule has 4 rings (SSSR count). The van der Waals surface area contributed by atoms with Gasteiger partial charge in [0.1, 0.15) is 29.7 Å². The van der Waals surface area contributed by atoms with E-state index in [2.05, 4.69) is 9.97 Å². The molecular weight excluding hydrogens is 307 g/mol. The van der Waals surface area contributed by atoms with Crippen LogP contribution in [0, 0.1) is 12.7 Å². The molecule has 120 valence electrons. The van der Waals surface area contributed by atoms with Crippen molar-refractivity contribution in [3.8, 4) is 11.5 Å². The number of imidazole rings is 1. The van der Waals surface area contributed by atoms with Crippen molar-refractivity contribution < 1.29 is 14.2 Å². The number of hydrogen-bond acceptors (Lipinski definition) is 3. The molecule has 0 spiro atoms. The molecule has 24 heavy (non-hydrogen) atoms. The van der Waals surface area contributed by atoms with E-state index in [1.54, 1.807) is 19.1 Å². The molecule has 0 aliphatic carbocycles. The van der Waals surface area contributed by atoms with Gasteiger partial charge in [-0.25, -0.2) is 9.37 Å². The van der Waals surface area contributed by atoms with Crippen molar-refractivity contribution in [1.82, 2.24) is 9.97 Å². The standard InChI is InChI=1S/C19H15FN2O2/c1-11-8-12(20)6-7-17(11)24-10-18-21-15-9-16(23)13-4-2-3-5-14(13)19(15)22-18/h2-9,23H,10H2,1H3,(H,21,22). The third-order valence-corrected chi connectivity index (χ3v) is 4.02. The second kappa shape index (κ2) is 5.53. The number of H-pyrrole nitrogens is 1. The first kappa shape index (κ1) is 14.5. The van der Waals surface area contributed by atoms with Gasteiger partial charge < -0.3 is 14.8 Å². The minimum atomic E-state index is -0.287. The SMILES string of the molecule is Cc1cc(F)ccc1OCc1nc2c(cc(O)c3ccccc32)[nH]1. The summed E-state index contributed by atoms with van der Waals surface area (Å²) in [6, 6.07) is 13.6. The molecule has 0 saturated heterocycles. The summed E-state index contributed by atoms with van der Waals surface area (Å²) in [5.74, 6) is 1.18. The number of halogens is 1. The molecule has 0 amide bonds. The summed E-state index contributed by atoms with van der Waals surface area (Å²) in [6.07, 6.45) is 0. The van der Waals surface area contributed by atoms with Gasteiger partial charge in [-0.05, 0) is 30.7 Å². The summed E-state index contributed by atoms with van der Waals surface area (Å²) in [4.78, 5) is 7.74. The molecule has 5 heteroatoms. The third-order valence-electron chi connectivity index (χ3n) is 4.02. The fraction of sp³-hybridized carbons (Fsp3) is 0.105. The summed E-state index contributed by atoms with van der Waals surface area (Å²) >= 11 is 0. The van der Waals surface area contributed by atoms with E-state index < -0.39 is 0 Å². The van der Waals surface area contributed by atoms with Crippen LogP contribution in [0.15, 0.2) is 48.5 Å². The molecule has 1 heterocycles. The fourth-order valence-electron chi connectivity index (χ4n) is 2.86. The van der Waals surface area contributed by atoms with E-state index in [1.165, 1.54) is 12.1 Å². The van der Waals surface area contributed by atoms with Crippen molar-refractivity contribution in [1.29, 1.82) is 0 Å². The Morgan fingerprint density at radius 3 is 2.71 bits per heavy atom. The first-order valence-electron chi connectivity index (χ1n) is 7.60. The van der Waals surface area contributed by atoms with E-state index in [1.807, 2.05) is 24.3 Å². The molecule has 2 N–H and O–H groups in total. The van der Waals surface area contributed by atoms with E-state index >= 15 is 0 Å². The highest BCUT2D eigenvalue weighted by Gasteiger charge is 2.11.